The van der Waals surface area contributed by atoms with E-state index in [2.05, 4.69) is 19.9 Å². The van der Waals surface area contributed by atoms with Crippen molar-refractivity contribution < 1.29 is 14.6 Å². The number of hydrogen-bond acceptors (Lipinski definition) is 5. The Kier molecular flexibility index (Phi) is 4.14. The van der Waals surface area contributed by atoms with Gasteiger partial charge in [0.15, 0.2) is 5.82 Å². The van der Waals surface area contributed by atoms with E-state index in [4.69, 9.17) is 4.74 Å². The summed E-state index contributed by atoms with van der Waals surface area (Å²) in [7, 11) is 0. The normalized spacial score (nSPS) is 14.7. The average Bonchev–Trinajstić information content (AvgIpc) is 3.34. The Morgan fingerprint density at radius 1 is 1.19 bits per heavy atom. The monoisotopic (exact) mass is 364 g/mol. The number of aromatic amines is 1. The molecule has 0 saturated heterocycles. The van der Waals surface area contributed by atoms with Gasteiger partial charge < -0.3 is 14.8 Å². The highest BCUT2D eigenvalue weighted by atomic mass is 16.5. The Balaban J connectivity index is 1.50. The zero-order chi connectivity index (χ0) is 19.0. The van der Waals surface area contributed by atoms with Gasteiger partial charge in [-0.1, -0.05) is 6.07 Å². The highest BCUT2D eigenvalue weighted by Gasteiger charge is 2.51. The van der Waals surface area contributed by atoms with E-state index < -0.39 is 11.4 Å². The maximum atomic E-state index is 11.2. The SMILES string of the molecule is Cc1cnc(-c2ccc(-c3cnc(OCC4(C(=O)O)CC4)cc3C)cn2)[nH]1. The third kappa shape index (κ3) is 3.40. The number of aliphatic carboxylic acids is 1. The summed E-state index contributed by atoms with van der Waals surface area (Å²) >= 11 is 0. The quantitative estimate of drug-likeness (QED) is 0.695. The first-order chi connectivity index (χ1) is 13.0. The van der Waals surface area contributed by atoms with E-state index in [-0.39, 0.29) is 6.61 Å². The van der Waals surface area contributed by atoms with Crippen LogP contribution in [-0.4, -0.2) is 37.6 Å². The summed E-state index contributed by atoms with van der Waals surface area (Å²) in [5.74, 6) is 0.387. The van der Waals surface area contributed by atoms with Gasteiger partial charge in [0, 0.05) is 41.5 Å². The smallest absolute Gasteiger partial charge is 0.313 e. The number of aryl methyl sites for hydroxylation is 2. The molecule has 1 aliphatic rings. The van der Waals surface area contributed by atoms with Gasteiger partial charge in [-0.25, -0.2) is 9.97 Å². The van der Waals surface area contributed by atoms with Crippen molar-refractivity contribution in [3.63, 3.8) is 0 Å². The van der Waals surface area contributed by atoms with Gasteiger partial charge >= 0.3 is 5.97 Å². The molecule has 1 fully saturated rings. The van der Waals surface area contributed by atoms with Gasteiger partial charge in [0.2, 0.25) is 5.88 Å². The van der Waals surface area contributed by atoms with E-state index in [1.807, 2.05) is 32.0 Å². The summed E-state index contributed by atoms with van der Waals surface area (Å²) in [5.41, 5.74) is 3.93. The number of rotatable bonds is 6. The van der Waals surface area contributed by atoms with Crippen molar-refractivity contribution in [2.45, 2.75) is 26.7 Å². The van der Waals surface area contributed by atoms with Gasteiger partial charge in [0.1, 0.15) is 17.7 Å². The Morgan fingerprint density at radius 3 is 2.56 bits per heavy atom. The number of ether oxygens (including phenoxy) is 1. The number of H-pyrrole nitrogens is 1. The molecule has 0 spiro atoms. The van der Waals surface area contributed by atoms with E-state index >= 15 is 0 Å². The molecule has 3 aromatic heterocycles. The van der Waals surface area contributed by atoms with Crippen LogP contribution in [0, 0.1) is 19.3 Å². The molecule has 0 bridgehead atoms. The van der Waals surface area contributed by atoms with E-state index in [9.17, 15) is 9.90 Å². The molecule has 0 aliphatic heterocycles. The summed E-state index contributed by atoms with van der Waals surface area (Å²) in [6.45, 7) is 4.08. The largest absolute Gasteiger partial charge is 0.481 e. The number of imidazole rings is 1. The molecule has 0 unspecified atom stereocenters. The van der Waals surface area contributed by atoms with Crippen molar-refractivity contribution >= 4 is 5.97 Å². The minimum absolute atomic E-state index is 0.160. The molecule has 3 heterocycles. The number of aromatic nitrogens is 4. The van der Waals surface area contributed by atoms with Crippen LogP contribution in [0.25, 0.3) is 22.6 Å². The van der Waals surface area contributed by atoms with Crippen molar-refractivity contribution in [1.29, 1.82) is 0 Å². The van der Waals surface area contributed by atoms with Crippen molar-refractivity contribution in [2.75, 3.05) is 6.61 Å². The van der Waals surface area contributed by atoms with Gasteiger partial charge in [-0.15, -0.1) is 0 Å². The Bertz CT molecular complexity index is 991. The second-order valence-corrected chi connectivity index (χ2v) is 7.06. The summed E-state index contributed by atoms with van der Waals surface area (Å²) in [6, 6.07) is 5.73. The number of hydrogen-bond donors (Lipinski definition) is 2. The third-order valence-electron chi connectivity index (χ3n) is 4.91. The average molecular weight is 364 g/mol. The van der Waals surface area contributed by atoms with Crippen molar-refractivity contribution in [2.24, 2.45) is 5.41 Å². The van der Waals surface area contributed by atoms with Gasteiger partial charge in [-0.05, 0) is 38.3 Å². The molecule has 2 N–H and O–H groups in total. The highest BCUT2D eigenvalue weighted by Crippen LogP contribution is 2.46. The Hall–Kier alpha value is -3.22. The minimum Gasteiger partial charge on any atom is -0.481 e. The van der Waals surface area contributed by atoms with Gasteiger partial charge in [-0.3, -0.25) is 9.78 Å². The van der Waals surface area contributed by atoms with Crippen LogP contribution >= 0.6 is 0 Å². The fourth-order valence-electron chi connectivity index (χ4n) is 2.93. The number of carboxylic acid groups (broad SMARTS) is 1. The van der Waals surface area contributed by atoms with Crippen LogP contribution in [0.1, 0.15) is 24.1 Å². The van der Waals surface area contributed by atoms with Gasteiger partial charge in [0.25, 0.3) is 0 Å². The van der Waals surface area contributed by atoms with Crippen LogP contribution in [-0.2, 0) is 4.79 Å². The first-order valence-electron chi connectivity index (χ1n) is 8.78. The molecule has 1 aliphatic carbocycles. The molecular formula is C20H20N4O3. The molecule has 0 amide bonds. The standard InChI is InChI=1S/C20H20N4O3/c1-12-7-17(27-11-20(5-6-20)19(25)26)22-10-15(12)14-3-4-16(21-9-14)18-23-8-13(2)24-18/h3-4,7-10H,5-6,11H2,1-2H3,(H,23,24)(H,25,26). The maximum absolute atomic E-state index is 11.2. The molecule has 1 saturated carbocycles. The maximum Gasteiger partial charge on any atom is 0.313 e. The molecule has 4 rings (SSSR count). The Labute approximate surface area is 156 Å². The van der Waals surface area contributed by atoms with Crippen LogP contribution < -0.4 is 4.74 Å². The summed E-state index contributed by atoms with van der Waals surface area (Å²) < 4.78 is 5.63. The van der Waals surface area contributed by atoms with E-state index in [1.54, 1.807) is 18.6 Å². The lowest BCUT2D eigenvalue weighted by Gasteiger charge is -2.13. The summed E-state index contributed by atoms with van der Waals surface area (Å²) in [6.07, 6.45) is 6.62. The lowest BCUT2D eigenvalue weighted by molar-refractivity contribution is -0.144. The molecular weight excluding hydrogens is 344 g/mol. The Morgan fingerprint density at radius 2 is 2.00 bits per heavy atom. The molecule has 7 nitrogen and oxygen atoms in total. The van der Waals surface area contributed by atoms with Crippen LogP contribution in [0.15, 0.2) is 36.8 Å². The molecule has 3 aromatic rings. The summed E-state index contributed by atoms with van der Waals surface area (Å²) in [4.78, 5) is 27.5. The molecule has 27 heavy (non-hydrogen) atoms. The number of carbonyl (C=O) groups is 1. The predicted octanol–water partition coefficient (Wildman–Crippen LogP) is 3.39. The lowest BCUT2D eigenvalue weighted by Crippen LogP contribution is -2.23. The van der Waals surface area contributed by atoms with Crippen LogP contribution in [0.4, 0.5) is 0 Å². The fourth-order valence-corrected chi connectivity index (χ4v) is 2.93. The van der Waals surface area contributed by atoms with Crippen LogP contribution in [0.5, 0.6) is 5.88 Å². The minimum atomic E-state index is -0.797. The topological polar surface area (TPSA) is 101 Å². The van der Waals surface area contributed by atoms with Crippen LogP contribution in [0.3, 0.4) is 0 Å². The molecule has 0 aromatic carbocycles. The van der Waals surface area contributed by atoms with E-state index in [0.717, 1.165) is 33.9 Å². The molecule has 0 atom stereocenters. The number of nitrogens with zero attached hydrogens (tertiary/aromatic N) is 3. The summed E-state index contributed by atoms with van der Waals surface area (Å²) in [5, 5.41) is 9.22. The first kappa shape index (κ1) is 17.2. The second kappa shape index (κ2) is 6.50. The molecule has 138 valence electrons. The number of carboxylic acids is 1. The second-order valence-electron chi connectivity index (χ2n) is 7.06. The van der Waals surface area contributed by atoms with Gasteiger partial charge in [-0.2, -0.15) is 0 Å². The highest BCUT2D eigenvalue weighted by molar-refractivity contribution is 5.78. The van der Waals surface area contributed by atoms with Gasteiger partial charge in [0.05, 0.1) is 0 Å². The molecule has 0 radical (unpaired) electrons. The third-order valence-corrected chi connectivity index (χ3v) is 4.91. The van der Waals surface area contributed by atoms with Crippen molar-refractivity contribution in [3.8, 4) is 28.5 Å². The number of nitrogens with one attached hydrogen (secondary N) is 1. The van der Waals surface area contributed by atoms with Crippen molar-refractivity contribution in [1.82, 2.24) is 19.9 Å². The van der Waals surface area contributed by atoms with Crippen molar-refractivity contribution in [3.05, 3.63) is 48.0 Å². The molecule has 7 heteroatoms. The van der Waals surface area contributed by atoms with Crippen LogP contribution in [0.2, 0.25) is 0 Å². The lowest BCUT2D eigenvalue weighted by atomic mass is 10.0. The van der Waals surface area contributed by atoms with E-state index in [1.165, 1.54) is 0 Å². The zero-order valence-corrected chi connectivity index (χ0v) is 15.2. The number of pyridine rings is 2. The fraction of sp³-hybridized carbons (Fsp3) is 0.300. The predicted molar refractivity (Wildman–Crippen MR) is 99.3 cm³/mol. The van der Waals surface area contributed by atoms with E-state index in [0.29, 0.717) is 18.7 Å². The first-order valence-corrected chi connectivity index (χ1v) is 8.78. The zero-order valence-electron chi connectivity index (χ0n) is 15.2.